The second kappa shape index (κ2) is 7.68. The number of alkyl halides is 1. The number of ether oxygens (including phenoxy) is 1. The number of hydrogen-bond donors (Lipinski definition) is 0. The third-order valence-corrected chi connectivity index (χ3v) is 5.53. The summed E-state index contributed by atoms with van der Waals surface area (Å²) in [5, 5.41) is 0. The average Bonchev–Trinajstić information content (AvgIpc) is 2.73. The van der Waals surface area contributed by atoms with Crippen LogP contribution in [0.25, 0.3) is 0 Å². The van der Waals surface area contributed by atoms with Crippen molar-refractivity contribution in [1.82, 2.24) is 4.90 Å². The van der Waals surface area contributed by atoms with E-state index in [0.29, 0.717) is 6.54 Å². The number of anilines is 1. The van der Waals surface area contributed by atoms with Gasteiger partial charge in [0.2, 0.25) is 5.91 Å². The minimum Gasteiger partial charge on any atom is -0.378 e. The van der Waals surface area contributed by atoms with Crippen LogP contribution in [0.15, 0.2) is 48.5 Å². The summed E-state index contributed by atoms with van der Waals surface area (Å²) < 4.78 is 5.43. The molecule has 0 spiro atoms. The van der Waals surface area contributed by atoms with E-state index in [4.69, 9.17) is 16.3 Å². The van der Waals surface area contributed by atoms with Crippen molar-refractivity contribution < 1.29 is 9.53 Å². The van der Waals surface area contributed by atoms with Crippen molar-refractivity contribution in [3.05, 3.63) is 65.2 Å². The van der Waals surface area contributed by atoms with E-state index in [0.717, 1.165) is 38.3 Å². The Hall–Kier alpha value is -2.04. The molecule has 0 aromatic heterocycles. The van der Waals surface area contributed by atoms with Crippen LogP contribution < -0.4 is 4.90 Å². The molecule has 2 aromatic rings. The second-order valence-corrected chi connectivity index (χ2v) is 7.03. The van der Waals surface area contributed by atoms with Crippen LogP contribution in [0, 0.1) is 0 Å². The number of rotatable bonds is 3. The molecule has 0 aliphatic carbocycles. The normalized spacial score (nSPS) is 20.0. The molecule has 4 rings (SSSR count). The highest BCUT2D eigenvalue weighted by atomic mass is 35.5. The van der Waals surface area contributed by atoms with Crippen LogP contribution in [0.3, 0.4) is 0 Å². The van der Waals surface area contributed by atoms with Gasteiger partial charge in [0.05, 0.1) is 19.3 Å². The van der Waals surface area contributed by atoms with Gasteiger partial charge in [-0.2, -0.15) is 0 Å². The average molecular weight is 371 g/mol. The summed E-state index contributed by atoms with van der Waals surface area (Å²) in [4.78, 5) is 16.7. The summed E-state index contributed by atoms with van der Waals surface area (Å²) in [6.45, 7) is 4.09. The Morgan fingerprint density at radius 2 is 1.77 bits per heavy atom. The molecule has 1 unspecified atom stereocenters. The molecule has 0 N–H and O–H groups in total. The van der Waals surface area contributed by atoms with Crippen LogP contribution >= 0.6 is 11.6 Å². The van der Waals surface area contributed by atoms with E-state index < -0.39 is 0 Å². The Kier molecular flexibility index (Phi) is 5.14. The monoisotopic (exact) mass is 370 g/mol. The highest BCUT2D eigenvalue weighted by molar-refractivity contribution is 6.27. The Labute approximate surface area is 159 Å². The summed E-state index contributed by atoms with van der Waals surface area (Å²) in [5.74, 6) is 0.00766. The Balaban J connectivity index is 1.67. The maximum absolute atomic E-state index is 12.4. The number of amides is 1. The first kappa shape index (κ1) is 17.4. The lowest BCUT2D eigenvalue weighted by molar-refractivity contribution is -0.130. The first-order valence-corrected chi connectivity index (χ1v) is 9.67. The van der Waals surface area contributed by atoms with Crippen LogP contribution in [0.5, 0.6) is 0 Å². The van der Waals surface area contributed by atoms with Crippen molar-refractivity contribution in [3.63, 3.8) is 0 Å². The fraction of sp³-hybridized carbons (Fsp3) is 0.381. The van der Waals surface area contributed by atoms with Gasteiger partial charge in [-0.25, -0.2) is 0 Å². The molecule has 1 fully saturated rings. The van der Waals surface area contributed by atoms with E-state index in [1.54, 1.807) is 0 Å². The van der Waals surface area contributed by atoms with Crippen LogP contribution in [0.1, 0.15) is 22.7 Å². The first-order chi connectivity index (χ1) is 12.8. The number of carbonyl (C=O) groups excluding carboxylic acids is 1. The topological polar surface area (TPSA) is 32.8 Å². The summed E-state index contributed by atoms with van der Waals surface area (Å²) in [7, 11) is 0. The third kappa shape index (κ3) is 3.31. The zero-order valence-corrected chi connectivity index (χ0v) is 15.5. The smallest absolute Gasteiger partial charge is 0.238 e. The van der Waals surface area contributed by atoms with Crippen molar-refractivity contribution in [2.24, 2.45) is 0 Å². The molecule has 2 heterocycles. The SMILES string of the molecule is O=C(CCl)N1CCc2ccccc2C1c1ccc(N2CCOCC2)cc1. The standard InChI is InChI=1S/C21H23ClN2O2/c22-15-20(25)24-10-9-16-3-1-2-4-19(16)21(24)17-5-7-18(8-6-17)23-11-13-26-14-12-23/h1-8,21H,9-15H2. The molecule has 1 saturated heterocycles. The number of morpholine rings is 1. The minimum atomic E-state index is -0.0649. The fourth-order valence-corrected chi connectivity index (χ4v) is 4.11. The summed E-state index contributed by atoms with van der Waals surface area (Å²) in [5.41, 5.74) is 4.86. The van der Waals surface area contributed by atoms with E-state index in [2.05, 4.69) is 47.4 Å². The van der Waals surface area contributed by atoms with Crippen LogP contribution in [-0.2, 0) is 16.0 Å². The highest BCUT2D eigenvalue weighted by Gasteiger charge is 2.31. The number of benzene rings is 2. The third-order valence-electron chi connectivity index (χ3n) is 5.30. The van der Waals surface area contributed by atoms with Crippen molar-refractivity contribution in [3.8, 4) is 0 Å². The molecule has 5 heteroatoms. The number of hydrogen-bond acceptors (Lipinski definition) is 3. The van der Waals surface area contributed by atoms with E-state index in [1.807, 2.05) is 11.0 Å². The van der Waals surface area contributed by atoms with Gasteiger partial charge in [-0.15, -0.1) is 11.6 Å². The molecule has 1 amide bonds. The van der Waals surface area contributed by atoms with Crippen LogP contribution in [-0.4, -0.2) is 49.5 Å². The van der Waals surface area contributed by atoms with E-state index >= 15 is 0 Å². The van der Waals surface area contributed by atoms with Crippen molar-refractivity contribution in [2.75, 3.05) is 43.6 Å². The van der Waals surface area contributed by atoms with Gasteiger partial charge < -0.3 is 14.5 Å². The van der Waals surface area contributed by atoms with Gasteiger partial charge in [0, 0.05) is 25.3 Å². The maximum Gasteiger partial charge on any atom is 0.238 e. The Morgan fingerprint density at radius 3 is 2.50 bits per heavy atom. The highest BCUT2D eigenvalue weighted by Crippen LogP contribution is 2.36. The quantitative estimate of drug-likeness (QED) is 0.777. The molecule has 1 atom stereocenters. The van der Waals surface area contributed by atoms with E-state index in [9.17, 15) is 4.79 Å². The predicted molar refractivity (Wildman–Crippen MR) is 104 cm³/mol. The number of carbonyl (C=O) groups is 1. The largest absolute Gasteiger partial charge is 0.378 e. The molecular formula is C21H23ClN2O2. The van der Waals surface area contributed by atoms with Gasteiger partial charge in [-0.05, 0) is 35.2 Å². The van der Waals surface area contributed by atoms with E-state index in [-0.39, 0.29) is 17.8 Å². The van der Waals surface area contributed by atoms with Gasteiger partial charge >= 0.3 is 0 Å². The summed E-state index contributed by atoms with van der Waals surface area (Å²) in [6, 6.07) is 16.9. The Bertz CT molecular complexity index is 772. The molecule has 0 radical (unpaired) electrons. The first-order valence-electron chi connectivity index (χ1n) is 9.14. The molecule has 2 aliphatic heterocycles. The summed E-state index contributed by atoms with van der Waals surface area (Å²) >= 11 is 5.88. The lowest BCUT2D eigenvalue weighted by Crippen LogP contribution is -2.41. The lowest BCUT2D eigenvalue weighted by atomic mass is 9.88. The van der Waals surface area contributed by atoms with Gasteiger partial charge in [0.25, 0.3) is 0 Å². The van der Waals surface area contributed by atoms with Crippen LogP contribution in [0.2, 0.25) is 0 Å². The molecule has 0 saturated carbocycles. The molecule has 26 heavy (non-hydrogen) atoms. The number of nitrogens with zero attached hydrogens (tertiary/aromatic N) is 2. The molecule has 2 aliphatic rings. The van der Waals surface area contributed by atoms with Crippen molar-refractivity contribution in [1.29, 1.82) is 0 Å². The zero-order chi connectivity index (χ0) is 17.9. The number of halogens is 1. The zero-order valence-electron chi connectivity index (χ0n) is 14.7. The van der Waals surface area contributed by atoms with Gasteiger partial charge in [0.15, 0.2) is 0 Å². The lowest BCUT2D eigenvalue weighted by Gasteiger charge is -2.38. The summed E-state index contributed by atoms with van der Waals surface area (Å²) in [6.07, 6.45) is 0.876. The van der Waals surface area contributed by atoms with Gasteiger partial charge in [-0.1, -0.05) is 36.4 Å². The predicted octanol–water partition coefficient (Wildman–Crippen LogP) is 3.24. The van der Waals surface area contributed by atoms with Crippen molar-refractivity contribution >= 4 is 23.2 Å². The fourth-order valence-electron chi connectivity index (χ4n) is 3.96. The molecular weight excluding hydrogens is 348 g/mol. The second-order valence-electron chi connectivity index (χ2n) is 6.76. The molecule has 0 bridgehead atoms. The van der Waals surface area contributed by atoms with Gasteiger partial charge in [-0.3, -0.25) is 4.79 Å². The molecule has 136 valence electrons. The van der Waals surface area contributed by atoms with Crippen molar-refractivity contribution in [2.45, 2.75) is 12.5 Å². The minimum absolute atomic E-state index is 0.0107. The molecule has 4 nitrogen and oxygen atoms in total. The maximum atomic E-state index is 12.4. The number of fused-ring (bicyclic) bond motifs is 1. The van der Waals surface area contributed by atoms with Crippen LogP contribution in [0.4, 0.5) is 5.69 Å². The Morgan fingerprint density at radius 1 is 1.04 bits per heavy atom. The van der Waals surface area contributed by atoms with E-state index in [1.165, 1.54) is 16.8 Å². The van der Waals surface area contributed by atoms with Gasteiger partial charge in [0.1, 0.15) is 5.88 Å². The molecule has 2 aromatic carbocycles.